The Morgan fingerprint density at radius 3 is 2.35 bits per heavy atom. The summed E-state index contributed by atoms with van der Waals surface area (Å²) in [4.78, 5) is 2.34. The van der Waals surface area contributed by atoms with Crippen molar-refractivity contribution in [2.75, 3.05) is 38.8 Å². The van der Waals surface area contributed by atoms with Crippen LogP contribution in [0.25, 0.3) is 0 Å². The molecule has 1 aliphatic rings. The summed E-state index contributed by atoms with van der Waals surface area (Å²) in [7, 11) is 3.34. The van der Waals surface area contributed by atoms with E-state index in [0.29, 0.717) is 5.92 Å². The smallest absolute Gasteiger partial charge is 0.124 e. The number of rotatable bonds is 4. The summed E-state index contributed by atoms with van der Waals surface area (Å²) in [6.45, 7) is 2.84. The van der Waals surface area contributed by atoms with E-state index in [4.69, 9.17) is 15.2 Å². The minimum absolute atomic E-state index is 0.604. The third-order valence-corrected chi connectivity index (χ3v) is 3.32. The summed E-state index contributed by atoms with van der Waals surface area (Å²) in [6.07, 6.45) is 1.16. The van der Waals surface area contributed by atoms with E-state index in [1.54, 1.807) is 14.2 Å². The molecule has 0 saturated carbocycles. The van der Waals surface area contributed by atoms with E-state index in [-0.39, 0.29) is 0 Å². The second kappa shape index (κ2) is 5.27. The normalized spacial score (nSPS) is 19.5. The van der Waals surface area contributed by atoms with Crippen molar-refractivity contribution in [2.24, 2.45) is 11.7 Å². The second-order valence-corrected chi connectivity index (χ2v) is 4.41. The van der Waals surface area contributed by atoms with E-state index in [2.05, 4.69) is 4.90 Å². The molecule has 0 spiro atoms. The lowest BCUT2D eigenvalue weighted by Gasteiger charge is -2.20. The second-order valence-electron chi connectivity index (χ2n) is 4.41. The van der Waals surface area contributed by atoms with Crippen LogP contribution < -0.4 is 20.1 Å². The molecule has 0 aliphatic carbocycles. The van der Waals surface area contributed by atoms with Crippen LogP contribution in [0.4, 0.5) is 5.69 Å². The van der Waals surface area contributed by atoms with E-state index in [0.717, 1.165) is 43.2 Å². The van der Waals surface area contributed by atoms with Crippen LogP contribution in [-0.2, 0) is 0 Å². The van der Waals surface area contributed by atoms with Gasteiger partial charge in [-0.25, -0.2) is 0 Å². The van der Waals surface area contributed by atoms with Crippen molar-refractivity contribution < 1.29 is 9.47 Å². The van der Waals surface area contributed by atoms with Gasteiger partial charge < -0.3 is 20.1 Å². The van der Waals surface area contributed by atoms with Crippen LogP contribution >= 0.6 is 0 Å². The molecule has 94 valence electrons. The zero-order valence-corrected chi connectivity index (χ0v) is 10.5. The Morgan fingerprint density at radius 2 is 1.88 bits per heavy atom. The molecule has 1 fully saturated rings. The minimum atomic E-state index is 0.604. The van der Waals surface area contributed by atoms with Crippen LogP contribution in [0.3, 0.4) is 0 Å². The van der Waals surface area contributed by atoms with Gasteiger partial charge in [-0.15, -0.1) is 0 Å². The molecule has 1 aliphatic heterocycles. The van der Waals surface area contributed by atoms with Crippen LogP contribution in [0.2, 0.25) is 0 Å². The number of hydrogen-bond acceptors (Lipinski definition) is 4. The molecule has 1 unspecified atom stereocenters. The topological polar surface area (TPSA) is 47.7 Å². The van der Waals surface area contributed by atoms with Gasteiger partial charge in [0, 0.05) is 37.0 Å². The third-order valence-electron chi connectivity index (χ3n) is 3.32. The molecule has 0 amide bonds. The van der Waals surface area contributed by atoms with E-state index < -0.39 is 0 Å². The van der Waals surface area contributed by atoms with Gasteiger partial charge in [0.05, 0.1) is 14.2 Å². The van der Waals surface area contributed by atoms with Gasteiger partial charge >= 0.3 is 0 Å². The predicted molar refractivity (Wildman–Crippen MR) is 68.9 cm³/mol. The number of benzene rings is 1. The number of methoxy groups -OCH3 is 2. The highest BCUT2D eigenvalue weighted by Gasteiger charge is 2.22. The fraction of sp³-hybridized carbons (Fsp3) is 0.538. The molecule has 1 atom stereocenters. The van der Waals surface area contributed by atoms with Crippen LogP contribution in [0.15, 0.2) is 18.2 Å². The molecule has 1 saturated heterocycles. The molecule has 0 bridgehead atoms. The van der Waals surface area contributed by atoms with Gasteiger partial charge in [-0.1, -0.05) is 0 Å². The molecule has 17 heavy (non-hydrogen) atoms. The highest BCUT2D eigenvalue weighted by Crippen LogP contribution is 2.31. The summed E-state index contributed by atoms with van der Waals surface area (Å²) in [5.41, 5.74) is 6.86. The summed E-state index contributed by atoms with van der Waals surface area (Å²) < 4.78 is 10.6. The van der Waals surface area contributed by atoms with Gasteiger partial charge in [-0.2, -0.15) is 0 Å². The first-order valence-corrected chi connectivity index (χ1v) is 5.95. The van der Waals surface area contributed by atoms with Crippen molar-refractivity contribution in [1.82, 2.24) is 0 Å². The minimum Gasteiger partial charge on any atom is -0.497 e. The summed E-state index contributed by atoms with van der Waals surface area (Å²) in [5.74, 6) is 2.26. The van der Waals surface area contributed by atoms with Gasteiger partial charge in [-0.05, 0) is 18.9 Å². The summed E-state index contributed by atoms with van der Waals surface area (Å²) >= 11 is 0. The Bertz CT molecular complexity index is 359. The SMILES string of the molecule is COc1cc(OC)cc(N2CCC(CN)C2)c1. The number of anilines is 1. The molecule has 0 aromatic heterocycles. The van der Waals surface area contributed by atoms with Crippen LogP contribution in [0, 0.1) is 5.92 Å². The Kier molecular flexibility index (Phi) is 3.74. The lowest BCUT2D eigenvalue weighted by atomic mass is 10.1. The Hall–Kier alpha value is -1.42. The Morgan fingerprint density at radius 1 is 1.24 bits per heavy atom. The van der Waals surface area contributed by atoms with Crippen LogP contribution in [-0.4, -0.2) is 33.9 Å². The van der Waals surface area contributed by atoms with E-state index in [1.165, 1.54) is 0 Å². The van der Waals surface area contributed by atoms with Gasteiger partial charge in [-0.3, -0.25) is 0 Å². The lowest BCUT2D eigenvalue weighted by Crippen LogP contribution is -2.22. The average Bonchev–Trinajstić information content (AvgIpc) is 2.86. The number of hydrogen-bond donors (Lipinski definition) is 1. The van der Waals surface area contributed by atoms with Crippen LogP contribution in [0.1, 0.15) is 6.42 Å². The van der Waals surface area contributed by atoms with Crippen molar-refractivity contribution >= 4 is 5.69 Å². The van der Waals surface area contributed by atoms with Crippen molar-refractivity contribution in [1.29, 1.82) is 0 Å². The van der Waals surface area contributed by atoms with E-state index >= 15 is 0 Å². The van der Waals surface area contributed by atoms with Gasteiger partial charge in [0.2, 0.25) is 0 Å². The quantitative estimate of drug-likeness (QED) is 0.860. The third kappa shape index (κ3) is 2.64. The van der Waals surface area contributed by atoms with Crippen molar-refractivity contribution in [3.63, 3.8) is 0 Å². The highest BCUT2D eigenvalue weighted by atomic mass is 16.5. The fourth-order valence-corrected chi connectivity index (χ4v) is 2.23. The molecule has 4 nitrogen and oxygen atoms in total. The number of nitrogens with two attached hydrogens (primary N) is 1. The van der Waals surface area contributed by atoms with Crippen molar-refractivity contribution in [3.05, 3.63) is 18.2 Å². The van der Waals surface area contributed by atoms with Gasteiger partial charge in [0.1, 0.15) is 11.5 Å². The average molecular weight is 236 g/mol. The monoisotopic (exact) mass is 236 g/mol. The Balaban J connectivity index is 2.20. The highest BCUT2D eigenvalue weighted by molar-refractivity contribution is 5.56. The van der Waals surface area contributed by atoms with E-state index in [9.17, 15) is 0 Å². The van der Waals surface area contributed by atoms with Gasteiger partial charge in [0.25, 0.3) is 0 Å². The maximum atomic E-state index is 5.71. The van der Waals surface area contributed by atoms with Crippen LogP contribution in [0.5, 0.6) is 11.5 Å². The lowest BCUT2D eigenvalue weighted by molar-refractivity contribution is 0.394. The Labute approximate surface area is 102 Å². The number of nitrogens with zero attached hydrogens (tertiary/aromatic N) is 1. The molecule has 4 heteroatoms. The summed E-state index contributed by atoms with van der Waals surface area (Å²) in [6, 6.07) is 5.98. The first kappa shape index (κ1) is 12.0. The standard InChI is InChI=1S/C13H20N2O2/c1-16-12-5-11(6-13(7-12)17-2)15-4-3-10(8-14)9-15/h5-7,10H,3-4,8-9,14H2,1-2H3. The maximum absolute atomic E-state index is 5.71. The zero-order valence-electron chi connectivity index (χ0n) is 10.5. The summed E-state index contributed by atoms with van der Waals surface area (Å²) in [5, 5.41) is 0. The molecular weight excluding hydrogens is 216 g/mol. The first-order chi connectivity index (χ1) is 8.26. The maximum Gasteiger partial charge on any atom is 0.124 e. The largest absolute Gasteiger partial charge is 0.497 e. The molecule has 2 rings (SSSR count). The first-order valence-electron chi connectivity index (χ1n) is 5.95. The zero-order chi connectivity index (χ0) is 12.3. The molecule has 2 N–H and O–H groups in total. The molecule has 1 aromatic carbocycles. The van der Waals surface area contributed by atoms with Crippen molar-refractivity contribution in [2.45, 2.75) is 6.42 Å². The molecular formula is C13H20N2O2. The predicted octanol–water partition coefficient (Wildman–Crippen LogP) is 1.49. The molecule has 1 heterocycles. The molecule has 0 radical (unpaired) electrons. The number of ether oxygens (including phenoxy) is 2. The molecule has 1 aromatic rings. The van der Waals surface area contributed by atoms with Gasteiger partial charge in [0.15, 0.2) is 0 Å². The fourth-order valence-electron chi connectivity index (χ4n) is 2.23. The van der Waals surface area contributed by atoms with Crippen molar-refractivity contribution in [3.8, 4) is 11.5 Å². The van der Waals surface area contributed by atoms with E-state index in [1.807, 2.05) is 18.2 Å².